The quantitative estimate of drug-likeness (QED) is 0.630. The van der Waals surface area contributed by atoms with Crippen LogP contribution in [0.4, 0.5) is 0 Å². The molecule has 1 rings (SSSR count). The Morgan fingerprint density at radius 2 is 2.16 bits per heavy atom. The molecule has 2 N–H and O–H groups in total. The third kappa shape index (κ3) is 8.37. The Kier molecular flexibility index (Phi) is 7.89. The monoisotopic (exact) mass is 266 g/mol. The minimum Gasteiger partial charge on any atom is -0.355 e. The van der Waals surface area contributed by atoms with Crippen molar-refractivity contribution in [3.05, 3.63) is 18.7 Å². The Bertz CT molecular complexity index is 335. The van der Waals surface area contributed by atoms with Gasteiger partial charge in [0.2, 0.25) is 5.91 Å². The SMILES string of the molecule is CC(C)CCNC(=O)CNCCCCn1ccnc1. The molecule has 1 heterocycles. The number of aromatic nitrogens is 2. The molecule has 1 amide bonds. The maximum Gasteiger partial charge on any atom is 0.233 e. The summed E-state index contributed by atoms with van der Waals surface area (Å²) in [7, 11) is 0. The molecule has 1 aromatic rings. The number of nitrogens with zero attached hydrogens (tertiary/aromatic N) is 2. The standard InChI is InChI=1S/C14H26N4O/c1-13(2)5-7-17-14(19)11-15-6-3-4-9-18-10-8-16-12-18/h8,10,12-13,15H,3-7,9,11H2,1-2H3,(H,17,19). The van der Waals surface area contributed by atoms with E-state index < -0.39 is 0 Å². The predicted octanol–water partition coefficient (Wildman–Crippen LogP) is 1.42. The summed E-state index contributed by atoms with van der Waals surface area (Å²) in [6.45, 7) is 7.38. The second-order valence-corrected chi connectivity index (χ2v) is 5.22. The molecule has 1 aromatic heterocycles. The smallest absolute Gasteiger partial charge is 0.233 e. The van der Waals surface area contributed by atoms with Crippen LogP contribution in [0.3, 0.4) is 0 Å². The normalized spacial score (nSPS) is 10.9. The molecular weight excluding hydrogens is 240 g/mol. The number of amides is 1. The summed E-state index contributed by atoms with van der Waals surface area (Å²) in [6, 6.07) is 0. The van der Waals surface area contributed by atoms with E-state index in [-0.39, 0.29) is 5.91 Å². The fourth-order valence-corrected chi connectivity index (χ4v) is 1.73. The van der Waals surface area contributed by atoms with Gasteiger partial charge in [0, 0.05) is 25.5 Å². The van der Waals surface area contributed by atoms with Crippen LogP contribution in [-0.2, 0) is 11.3 Å². The number of rotatable bonds is 10. The molecule has 0 bridgehead atoms. The summed E-state index contributed by atoms with van der Waals surface area (Å²) in [4.78, 5) is 15.5. The van der Waals surface area contributed by atoms with Crippen molar-refractivity contribution in [3.63, 3.8) is 0 Å². The Balaban J connectivity index is 1.88. The summed E-state index contributed by atoms with van der Waals surface area (Å²) in [5.74, 6) is 0.728. The van der Waals surface area contributed by atoms with Crippen LogP contribution in [0, 0.1) is 5.92 Å². The van der Waals surface area contributed by atoms with Gasteiger partial charge in [-0.05, 0) is 31.7 Å². The van der Waals surface area contributed by atoms with Crippen LogP contribution in [0.25, 0.3) is 0 Å². The van der Waals surface area contributed by atoms with Gasteiger partial charge >= 0.3 is 0 Å². The van der Waals surface area contributed by atoms with Crippen LogP contribution in [0.1, 0.15) is 33.1 Å². The molecule has 0 fully saturated rings. The number of hydrogen-bond acceptors (Lipinski definition) is 3. The van der Waals surface area contributed by atoms with Gasteiger partial charge in [-0.1, -0.05) is 13.8 Å². The van der Waals surface area contributed by atoms with E-state index in [2.05, 4.69) is 34.0 Å². The third-order valence-electron chi connectivity index (χ3n) is 2.91. The van der Waals surface area contributed by atoms with Gasteiger partial charge < -0.3 is 15.2 Å². The summed E-state index contributed by atoms with van der Waals surface area (Å²) in [5.41, 5.74) is 0. The molecule has 5 nitrogen and oxygen atoms in total. The van der Waals surface area contributed by atoms with E-state index in [1.807, 2.05) is 12.5 Å². The van der Waals surface area contributed by atoms with Gasteiger partial charge in [0.1, 0.15) is 0 Å². The van der Waals surface area contributed by atoms with E-state index in [0.717, 1.165) is 38.9 Å². The van der Waals surface area contributed by atoms with E-state index in [9.17, 15) is 4.79 Å². The van der Waals surface area contributed by atoms with Gasteiger partial charge in [-0.3, -0.25) is 4.79 Å². The molecular formula is C14H26N4O. The summed E-state index contributed by atoms with van der Waals surface area (Å²) in [5, 5.41) is 6.08. The van der Waals surface area contributed by atoms with Crippen LogP contribution in [0.2, 0.25) is 0 Å². The number of nitrogens with one attached hydrogen (secondary N) is 2. The largest absolute Gasteiger partial charge is 0.355 e. The molecule has 0 atom stereocenters. The molecule has 0 aliphatic rings. The van der Waals surface area contributed by atoms with Crippen LogP contribution >= 0.6 is 0 Å². The van der Waals surface area contributed by atoms with E-state index in [1.54, 1.807) is 6.20 Å². The van der Waals surface area contributed by atoms with E-state index >= 15 is 0 Å². The number of hydrogen-bond donors (Lipinski definition) is 2. The van der Waals surface area contributed by atoms with E-state index in [1.165, 1.54) is 0 Å². The Morgan fingerprint density at radius 1 is 1.32 bits per heavy atom. The molecule has 0 saturated heterocycles. The minimum absolute atomic E-state index is 0.0928. The second kappa shape index (κ2) is 9.55. The summed E-state index contributed by atoms with van der Waals surface area (Å²) < 4.78 is 2.07. The molecule has 0 radical (unpaired) electrons. The highest BCUT2D eigenvalue weighted by molar-refractivity contribution is 5.77. The van der Waals surface area contributed by atoms with Gasteiger partial charge in [0.25, 0.3) is 0 Å². The molecule has 5 heteroatoms. The first-order valence-electron chi connectivity index (χ1n) is 7.11. The third-order valence-corrected chi connectivity index (χ3v) is 2.91. The molecule has 0 unspecified atom stereocenters. The highest BCUT2D eigenvalue weighted by atomic mass is 16.1. The average Bonchev–Trinajstić information content (AvgIpc) is 2.86. The van der Waals surface area contributed by atoms with Gasteiger partial charge in [-0.2, -0.15) is 0 Å². The Hall–Kier alpha value is -1.36. The van der Waals surface area contributed by atoms with Crippen molar-refractivity contribution in [2.24, 2.45) is 5.92 Å². The summed E-state index contributed by atoms with van der Waals surface area (Å²) in [6.07, 6.45) is 8.79. The lowest BCUT2D eigenvalue weighted by atomic mass is 10.1. The van der Waals surface area contributed by atoms with Gasteiger partial charge in [-0.15, -0.1) is 0 Å². The number of carbonyl (C=O) groups excluding carboxylic acids is 1. The predicted molar refractivity (Wildman–Crippen MR) is 76.8 cm³/mol. The zero-order valence-electron chi connectivity index (χ0n) is 12.1. The molecule has 0 aliphatic heterocycles. The number of imidazole rings is 1. The molecule has 0 spiro atoms. The highest BCUT2D eigenvalue weighted by Crippen LogP contribution is 1.96. The van der Waals surface area contributed by atoms with Crippen LogP contribution in [-0.4, -0.2) is 35.1 Å². The van der Waals surface area contributed by atoms with Gasteiger partial charge in [-0.25, -0.2) is 4.98 Å². The maximum atomic E-state index is 11.5. The van der Waals surface area contributed by atoms with Crippen molar-refractivity contribution in [3.8, 4) is 0 Å². The number of aryl methyl sites for hydroxylation is 1. The van der Waals surface area contributed by atoms with Crippen LogP contribution in [0.15, 0.2) is 18.7 Å². The Morgan fingerprint density at radius 3 is 2.84 bits per heavy atom. The minimum atomic E-state index is 0.0928. The molecule has 0 aromatic carbocycles. The van der Waals surface area contributed by atoms with Crippen molar-refractivity contribution >= 4 is 5.91 Å². The highest BCUT2D eigenvalue weighted by Gasteiger charge is 2.00. The first kappa shape index (κ1) is 15.7. The number of carbonyl (C=O) groups is 1. The first-order chi connectivity index (χ1) is 9.18. The lowest BCUT2D eigenvalue weighted by molar-refractivity contribution is -0.120. The van der Waals surface area contributed by atoms with Gasteiger partial charge in [0.05, 0.1) is 12.9 Å². The van der Waals surface area contributed by atoms with E-state index in [0.29, 0.717) is 12.5 Å². The van der Waals surface area contributed by atoms with Crippen molar-refractivity contribution in [1.29, 1.82) is 0 Å². The van der Waals surface area contributed by atoms with Crippen LogP contribution in [0.5, 0.6) is 0 Å². The molecule has 0 aliphatic carbocycles. The maximum absolute atomic E-state index is 11.5. The van der Waals surface area contributed by atoms with Crippen molar-refractivity contribution in [1.82, 2.24) is 20.2 Å². The molecule has 19 heavy (non-hydrogen) atoms. The lowest BCUT2D eigenvalue weighted by Gasteiger charge is -2.08. The lowest BCUT2D eigenvalue weighted by Crippen LogP contribution is -2.35. The van der Waals surface area contributed by atoms with Gasteiger partial charge in [0.15, 0.2) is 0 Å². The fourth-order valence-electron chi connectivity index (χ4n) is 1.73. The first-order valence-corrected chi connectivity index (χ1v) is 7.11. The summed E-state index contributed by atoms with van der Waals surface area (Å²) >= 11 is 0. The second-order valence-electron chi connectivity index (χ2n) is 5.22. The van der Waals surface area contributed by atoms with Crippen LogP contribution < -0.4 is 10.6 Å². The average molecular weight is 266 g/mol. The van der Waals surface area contributed by atoms with E-state index in [4.69, 9.17) is 0 Å². The number of unbranched alkanes of at least 4 members (excludes halogenated alkanes) is 1. The molecule has 108 valence electrons. The van der Waals surface area contributed by atoms with Crippen molar-refractivity contribution in [2.75, 3.05) is 19.6 Å². The molecule has 0 saturated carbocycles. The van der Waals surface area contributed by atoms with Crippen molar-refractivity contribution < 1.29 is 4.79 Å². The van der Waals surface area contributed by atoms with Crippen molar-refractivity contribution in [2.45, 2.75) is 39.7 Å². The Labute approximate surface area is 115 Å². The fraction of sp³-hybridized carbons (Fsp3) is 0.714. The zero-order chi connectivity index (χ0) is 13.9. The topological polar surface area (TPSA) is 59.0 Å². The zero-order valence-corrected chi connectivity index (χ0v) is 12.1.